The van der Waals surface area contributed by atoms with Crippen LogP contribution in [-0.2, 0) is 14.8 Å². The third-order valence-corrected chi connectivity index (χ3v) is 7.08. The number of carbonyl (C=O) groups is 1. The van der Waals surface area contributed by atoms with E-state index in [2.05, 4.69) is 22.2 Å². The van der Waals surface area contributed by atoms with Gasteiger partial charge in [-0.2, -0.15) is 0 Å². The van der Waals surface area contributed by atoms with Gasteiger partial charge in [0.25, 0.3) is 10.0 Å². The maximum absolute atomic E-state index is 14.4. The summed E-state index contributed by atoms with van der Waals surface area (Å²) in [7, 11) is -2.01. The van der Waals surface area contributed by atoms with Crippen molar-refractivity contribution in [1.82, 2.24) is 15.1 Å². The summed E-state index contributed by atoms with van der Waals surface area (Å²) in [5, 5.41) is 2.77. The number of sulfonamides is 1. The highest BCUT2D eigenvalue weighted by molar-refractivity contribution is 7.92. The second-order valence-corrected chi connectivity index (χ2v) is 9.49. The van der Waals surface area contributed by atoms with E-state index in [9.17, 15) is 17.6 Å². The zero-order valence-corrected chi connectivity index (χ0v) is 18.5. The Morgan fingerprint density at radius 2 is 1.68 bits per heavy atom. The van der Waals surface area contributed by atoms with E-state index in [0.717, 1.165) is 43.4 Å². The van der Waals surface area contributed by atoms with Gasteiger partial charge in [-0.1, -0.05) is 30.3 Å². The van der Waals surface area contributed by atoms with Crippen LogP contribution in [-0.4, -0.2) is 77.0 Å². The lowest BCUT2D eigenvalue weighted by Gasteiger charge is -2.32. The van der Waals surface area contributed by atoms with Crippen LogP contribution in [0.3, 0.4) is 0 Å². The number of anilines is 1. The zero-order valence-electron chi connectivity index (χ0n) is 17.7. The van der Waals surface area contributed by atoms with Crippen molar-refractivity contribution < 1.29 is 17.6 Å². The van der Waals surface area contributed by atoms with Crippen molar-refractivity contribution >= 4 is 21.6 Å². The quantitative estimate of drug-likeness (QED) is 0.592. The number of halogens is 1. The highest BCUT2D eigenvalue weighted by Crippen LogP contribution is 2.25. The molecule has 0 spiro atoms. The molecule has 2 aromatic rings. The van der Waals surface area contributed by atoms with Crippen LogP contribution in [0.2, 0.25) is 0 Å². The molecule has 1 N–H and O–H groups in total. The number of rotatable bonds is 9. The maximum atomic E-state index is 14.4. The number of nitrogens with zero attached hydrogens (tertiary/aromatic N) is 3. The first-order valence-electron chi connectivity index (χ1n) is 10.4. The minimum absolute atomic E-state index is 0.00104. The molecular weight excluding hydrogens is 419 g/mol. The van der Waals surface area contributed by atoms with Crippen LogP contribution >= 0.6 is 0 Å². The lowest BCUT2D eigenvalue weighted by atomic mass is 10.3. The normalized spacial score (nSPS) is 15.5. The fourth-order valence-electron chi connectivity index (χ4n) is 3.46. The molecular formula is C22H29FN4O3S. The molecule has 1 saturated heterocycles. The Kier molecular flexibility index (Phi) is 8.00. The standard InChI is InChI=1S/C22H29FN4O3S/c1-25-14-16-26(17-15-25)13-7-12-24-22(28)18-27(21-11-6-5-10-20(21)23)31(29,30)19-8-3-2-4-9-19/h2-6,8-11H,7,12-18H2,1H3,(H,24,28). The van der Waals surface area contributed by atoms with Gasteiger partial charge in [0.1, 0.15) is 12.4 Å². The topological polar surface area (TPSA) is 73.0 Å². The highest BCUT2D eigenvalue weighted by atomic mass is 32.2. The van der Waals surface area contributed by atoms with E-state index >= 15 is 0 Å². The first-order chi connectivity index (χ1) is 14.9. The van der Waals surface area contributed by atoms with Gasteiger partial charge in [-0.3, -0.25) is 9.10 Å². The Bertz CT molecular complexity index is 964. The van der Waals surface area contributed by atoms with Crippen LogP contribution in [0, 0.1) is 5.82 Å². The molecule has 1 heterocycles. The minimum Gasteiger partial charge on any atom is -0.354 e. The van der Waals surface area contributed by atoms with E-state index in [1.807, 2.05) is 0 Å². The summed E-state index contributed by atoms with van der Waals surface area (Å²) in [6.45, 7) is 4.87. The highest BCUT2D eigenvalue weighted by Gasteiger charge is 2.28. The summed E-state index contributed by atoms with van der Waals surface area (Å²) in [4.78, 5) is 17.2. The molecule has 9 heteroatoms. The number of nitrogens with one attached hydrogen (secondary N) is 1. The van der Waals surface area contributed by atoms with E-state index in [0.29, 0.717) is 6.54 Å². The number of carbonyl (C=O) groups excluding carboxylic acids is 1. The number of benzene rings is 2. The molecule has 0 bridgehead atoms. The number of likely N-dealkylation sites (N-methyl/N-ethyl adjacent to an activating group) is 1. The maximum Gasteiger partial charge on any atom is 0.264 e. The van der Waals surface area contributed by atoms with Gasteiger partial charge in [0, 0.05) is 32.7 Å². The monoisotopic (exact) mass is 448 g/mol. The summed E-state index contributed by atoms with van der Waals surface area (Å²) in [5.74, 6) is -1.17. The molecule has 0 aliphatic carbocycles. The van der Waals surface area contributed by atoms with Gasteiger partial charge in [0.15, 0.2) is 0 Å². The Hall–Kier alpha value is -2.49. The molecule has 1 aliphatic heterocycles. The van der Waals surface area contributed by atoms with Gasteiger partial charge in [-0.05, 0) is 44.3 Å². The lowest BCUT2D eigenvalue weighted by Crippen LogP contribution is -2.45. The van der Waals surface area contributed by atoms with Crippen molar-refractivity contribution in [1.29, 1.82) is 0 Å². The van der Waals surface area contributed by atoms with Gasteiger partial charge >= 0.3 is 0 Å². The molecule has 2 aromatic carbocycles. The summed E-state index contributed by atoms with van der Waals surface area (Å²) in [6, 6.07) is 13.3. The lowest BCUT2D eigenvalue weighted by molar-refractivity contribution is -0.119. The van der Waals surface area contributed by atoms with E-state index in [-0.39, 0.29) is 10.6 Å². The summed E-state index contributed by atoms with van der Waals surface area (Å²) in [5.41, 5.74) is -0.154. The molecule has 1 amide bonds. The van der Waals surface area contributed by atoms with E-state index in [1.54, 1.807) is 24.3 Å². The summed E-state index contributed by atoms with van der Waals surface area (Å²) in [6.07, 6.45) is 0.764. The Morgan fingerprint density at radius 3 is 2.35 bits per heavy atom. The Labute approximate surface area is 183 Å². The number of amides is 1. The molecule has 0 atom stereocenters. The molecule has 168 valence electrons. The molecule has 0 aromatic heterocycles. The Morgan fingerprint density at radius 1 is 1.03 bits per heavy atom. The SMILES string of the molecule is CN1CCN(CCCNC(=O)CN(c2ccccc2F)S(=O)(=O)c2ccccc2)CC1. The van der Waals surface area contributed by atoms with Gasteiger partial charge in [0.05, 0.1) is 10.6 Å². The van der Waals surface area contributed by atoms with Crippen LogP contribution in [0.25, 0.3) is 0 Å². The number of piperazine rings is 1. The predicted molar refractivity (Wildman–Crippen MR) is 119 cm³/mol. The number of para-hydroxylation sites is 1. The molecule has 31 heavy (non-hydrogen) atoms. The van der Waals surface area contributed by atoms with E-state index in [1.165, 1.54) is 30.3 Å². The zero-order chi connectivity index (χ0) is 22.3. The fourth-order valence-corrected chi connectivity index (χ4v) is 4.91. The second-order valence-electron chi connectivity index (χ2n) is 7.62. The fraction of sp³-hybridized carbons (Fsp3) is 0.409. The van der Waals surface area contributed by atoms with Crippen molar-refractivity contribution in [2.45, 2.75) is 11.3 Å². The number of hydrogen-bond acceptors (Lipinski definition) is 5. The van der Waals surface area contributed by atoms with Gasteiger partial charge in [-0.25, -0.2) is 12.8 Å². The van der Waals surface area contributed by atoms with Crippen LogP contribution in [0.4, 0.5) is 10.1 Å². The third-order valence-electron chi connectivity index (χ3n) is 5.31. The molecule has 7 nitrogen and oxygen atoms in total. The van der Waals surface area contributed by atoms with Crippen LogP contribution in [0.5, 0.6) is 0 Å². The number of hydrogen-bond donors (Lipinski definition) is 1. The first-order valence-corrected chi connectivity index (χ1v) is 11.8. The summed E-state index contributed by atoms with van der Waals surface area (Å²) >= 11 is 0. The molecule has 3 rings (SSSR count). The Balaban J connectivity index is 1.64. The second kappa shape index (κ2) is 10.7. The van der Waals surface area contributed by atoms with Crippen molar-refractivity contribution in [3.63, 3.8) is 0 Å². The van der Waals surface area contributed by atoms with Gasteiger partial charge in [0.2, 0.25) is 5.91 Å². The largest absolute Gasteiger partial charge is 0.354 e. The minimum atomic E-state index is -4.11. The molecule has 0 unspecified atom stereocenters. The van der Waals surface area contributed by atoms with Crippen molar-refractivity contribution in [2.75, 3.05) is 57.2 Å². The van der Waals surface area contributed by atoms with Gasteiger partial charge < -0.3 is 15.1 Å². The van der Waals surface area contributed by atoms with E-state index < -0.39 is 28.3 Å². The molecule has 1 fully saturated rings. The smallest absolute Gasteiger partial charge is 0.264 e. The van der Waals surface area contributed by atoms with Crippen molar-refractivity contribution in [3.8, 4) is 0 Å². The average molecular weight is 449 g/mol. The van der Waals surface area contributed by atoms with Gasteiger partial charge in [-0.15, -0.1) is 0 Å². The first kappa shape index (κ1) is 23.2. The van der Waals surface area contributed by atoms with Crippen LogP contribution in [0.15, 0.2) is 59.5 Å². The molecule has 0 radical (unpaired) electrons. The van der Waals surface area contributed by atoms with Crippen molar-refractivity contribution in [3.05, 3.63) is 60.4 Å². The van der Waals surface area contributed by atoms with Crippen LogP contribution in [0.1, 0.15) is 6.42 Å². The van der Waals surface area contributed by atoms with Crippen molar-refractivity contribution in [2.24, 2.45) is 0 Å². The summed E-state index contributed by atoms with van der Waals surface area (Å²) < 4.78 is 41.6. The predicted octanol–water partition coefficient (Wildman–Crippen LogP) is 1.77. The third kappa shape index (κ3) is 6.25. The van der Waals surface area contributed by atoms with E-state index in [4.69, 9.17) is 0 Å². The molecule has 0 saturated carbocycles. The molecule has 1 aliphatic rings. The van der Waals surface area contributed by atoms with Crippen LogP contribution < -0.4 is 9.62 Å². The average Bonchev–Trinajstić information content (AvgIpc) is 2.77.